The summed E-state index contributed by atoms with van der Waals surface area (Å²) >= 11 is 0. The van der Waals surface area contributed by atoms with Gasteiger partial charge in [0.2, 0.25) is 0 Å². The van der Waals surface area contributed by atoms with Gasteiger partial charge in [0.25, 0.3) is 0 Å². The van der Waals surface area contributed by atoms with Crippen molar-refractivity contribution in [3.8, 4) is 0 Å². The topological polar surface area (TPSA) is 29.3 Å². The third-order valence-corrected chi connectivity index (χ3v) is 4.58. The van der Waals surface area contributed by atoms with Gasteiger partial charge in [-0.2, -0.15) is 0 Å². The molecule has 3 heteroatoms. The minimum absolute atomic E-state index is 0.173. The molecule has 2 N–H and O–H groups in total. The molecule has 0 unspecified atom stereocenters. The molecular formula is C16H25FN2. The summed E-state index contributed by atoms with van der Waals surface area (Å²) in [6, 6.07) is 5.18. The lowest BCUT2D eigenvalue weighted by molar-refractivity contribution is 0.109. The molecule has 0 aliphatic carbocycles. The van der Waals surface area contributed by atoms with E-state index in [9.17, 15) is 4.39 Å². The SMILES string of the molecule is CCC1(C)CCN(Cc2cc(F)cc(CN)c2)CC1. The van der Waals surface area contributed by atoms with Crippen LogP contribution >= 0.6 is 0 Å². The molecule has 1 aromatic rings. The molecule has 0 amide bonds. The van der Waals surface area contributed by atoms with Crippen LogP contribution in [0.15, 0.2) is 18.2 Å². The number of nitrogens with two attached hydrogens (primary N) is 1. The van der Waals surface area contributed by atoms with E-state index in [0.29, 0.717) is 12.0 Å². The van der Waals surface area contributed by atoms with Gasteiger partial charge in [-0.15, -0.1) is 0 Å². The molecule has 1 heterocycles. The van der Waals surface area contributed by atoms with E-state index in [-0.39, 0.29) is 5.82 Å². The number of hydrogen-bond acceptors (Lipinski definition) is 2. The van der Waals surface area contributed by atoms with E-state index < -0.39 is 0 Å². The van der Waals surface area contributed by atoms with Crippen LogP contribution in [0.4, 0.5) is 4.39 Å². The van der Waals surface area contributed by atoms with Crippen LogP contribution in [-0.4, -0.2) is 18.0 Å². The van der Waals surface area contributed by atoms with Crippen molar-refractivity contribution in [2.45, 2.75) is 46.2 Å². The maximum absolute atomic E-state index is 13.5. The highest BCUT2D eigenvalue weighted by Gasteiger charge is 2.28. The first-order chi connectivity index (χ1) is 9.04. The van der Waals surface area contributed by atoms with Gasteiger partial charge in [0, 0.05) is 13.1 Å². The Bertz CT molecular complexity index is 423. The summed E-state index contributed by atoms with van der Waals surface area (Å²) < 4.78 is 13.5. The number of nitrogens with zero attached hydrogens (tertiary/aromatic N) is 1. The maximum atomic E-state index is 13.5. The average Bonchev–Trinajstić information content (AvgIpc) is 2.41. The molecule has 2 nitrogen and oxygen atoms in total. The van der Waals surface area contributed by atoms with Gasteiger partial charge in [0.1, 0.15) is 5.82 Å². The van der Waals surface area contributed by atoms with Gasteiger partial charge in [-0.05, 0) is 54.6 Å². The van der Waals surface area contributed by atoms with Crippen molar-refractivity contribution < 1.29 is 4.39 Å². The lowest BCUT2D eigenvalue weighted by atomic mass is 9.78. The van der Waals surface area contributed by atoms with Crippen LogP contribution in [-0.2, 0) is 13.1 Å². The molecule has 2 rings (SSSR count). The van der Waals surface area contributed by atoms with Crippen LogP contribution in [0.1, 0.15) is 44.2 Å². The molecule has 0 saturated carbocycles. The molecule has 106 valence electrons. The zero-order chi connectivity index (χ0) is 13.9. The molecule has 1 aliphatic heterocycles. The van der Waals surface area contributed by atoms with E-state index >= 15 is 0 Å². The Labute approximate surface area is 115 Å². The van der Waals surface area contributed by atoms with E-state index in [1.165, 1.54) is 25.3 Å². The third kappa shape index (κ3) is 3.77. The van der Waals surface area contributed by atoms with Crippen LogP contribution in [0, 0.1) is 11.2 Å². The molecule has 1 saturated heterocycles. The monoisotopic (exact) mass is 264 g/mol. The van der Waals surface area contributed by atoms with Crippen LogP contribution in [0.3, 0.4) is 0 Å². The molecule has 0 aromatic heterocycles. The number of hydrogen-bond donors (Lipinski definition) is 1. The standard InChI is InChI=1S/C16H25FN2/c1-3-16(2)4-6-19(7-5-16)12-14-8-13(11-18)9-15(17)10-14/h8-10H,3-7,11-12,18H2,1-2H3. The van der Waals surface area contributed by atoms with Gasteiger partial charge in [0.15, 0.2) is 0 Å². The van der Waals surface area contributed by atoms with Crippen molar-refractivity contribution in [2.75, 3.05) is 13.1 Å². The smallest absolute Gasteiger partial charge is 0.123 e. The van der Waals surface area contributed by atoms with E-state index in [1.54, 1.807) is 6.07 Å². The van der Waals surface area contributed by atoms with Gasteiger partial charge in [0.05, 0.1) is 0 Å². The van der Waals surface area contributed by atoms with Crippen molar-refractivity contribution in [3.63, 3.8) is 0 Å². The number of likely N-dealkylation sites (tertiary alicyclic amines) is 1. The average molecular weight is 264 g/mol. The lowest BCUT2D eigenvalue weighted by Gasteiger charge is -2.39. The van der Waals surface area contributed by atoms with Crippen molar-refractivity contribution in [1.82, 2.24) is 4.90 Å². The van der Waals surface area contributed by atoms with E-state index in [2.05, 4.69) is 18.7 Å². The van der Waals surface area contributed by atoms with Gasteiger partial charge in [-0.25, -0.2) is 4.39 Å². The highest BCUT2D eigenvalue weighted by molar-refractivity contribution is 5.24. The fourth-order valence-electron chi connectivity index (χ4n) is 2.79. The zero-order valence-electron chi connectivity index (χ0n) is 12.1. The molecular weight excluding hydrogens is 239 g/mol. The summed E-state index contributed by atoms with van der Waals surface area (Å²) in [4.78, 5) is 2.42. The number of benzene rings is 1. The summed E-state index contributed by atoms with van der Waals surface area (Å²) in [6.45, 7) is 8.11. The molecule has 0 radical (unpaired) electrons. The Morgan fingerprint density at radius 1 is 1.21 bits per heavy atom. The predicted octanol–water partition coefficient (Wildman–Crippen LogP) is 3.30. The summed E-state index contributed by atoms with van der Waals surface area (Å²) in [5.41, 5.74) is 8.02. The lowest BCUT2D eigenvalue weighted by Crippen LogP contribution is -2.37. The van der Waals surface area contributed by atoms with Gasteiger partial charge in [-0.3, -0.25) is 4.90 Å². The molecule has 1 aromatic carbocycles. The molecule has 0 bridgehead atoms. The van der Waals surface area contributed by atoms with Crippen molar-refractivity contribution in [2.24, 2.45) is 11.1 Å². The van der Waals surface area contributed by atoms with Crippen molar-refractivity contribution in [1.29, 1.82) is 0 Å². The molecule has 19 heavy (non-hydrogen) atoms. The van der Waals surface area contributed by atoms with Crippen LogP contribution in [0.5, 0.6) is 0 Å². The van der Waals surface area contributed by atoms with E-state index in [1.807, 2.05) is 6.07 Å². The Morgan fingerprint density at radius 2 is 1.84 bits per heavy atom. The molecule has 1 fully saturated rings. The van der Waals surface area contributed by atoms with Gasteiger partial charge >= 0.3 is 0 Å². The van der Waals surface area contributed by atoms with E-state index in [4.69, 9.17) is 5.73 Å². The first-order valence-corrected chi connectivity index (χ1v) is 7.25. The number of piperidine rings is 1. The largest absolute Gasteiger partial charge is 0.326 e. The summed E-state index contributed by atoms with van der Waals surface area (Å²) in [6.07, 6.45) is 3.73. The maximum Gasteiger partial charge on any atom is 0.123 e. The van der Waals surface area contributed by atoms with Crippen molar-refractivity contribution >= 4 is 0 Å². The van der Waals surface area contributed by atoms with E-state index in [0.717, 1.165) is 30.8 Å². The number of halogens is 1. The third-order valence-electron chi connectivity index (χ3n) is 4.58. The summed E-state index contributed by atoms with van der Waals surface area (Å²) in [5.74, 6) is -0.173. The summed E-state index contributed by atoms with van der Waals surface area (Å²) in [5, 5.41) is 0. The minimum atomic E-state index is -0.173. The summed E-state index contributed by atoms with van der Waals surface area (Å²) in [7, 11) is 0. The Morgan fingerprint density at radius 3 is 2.42 bits per heavy atom. The highest BCUT2D eigenvalue weighted by Crippen LogP contribution is 2.34. The zero-order valence-corrected chi connectivity index (χ0v) is 12.1. The molecule has 0 atom stereocenters. The Balaban J connectivity index is 1.97. The highest BCUT2D eigenvalue weighted by atomic mass is 19.1. The molecule has 1 aliphatic rings. The predicted molar refractivity (Wildman–Crippen MR) is 77.2 cm³/mol. The van der Waals surface area contributed by atoms with Crippen LogP contribution in [0.2, 0.25) is 0 Å². The second-order valence-corrected chi connectivity index (χ2v) is 6.11. The molecule has 0 spiro atoms. The fraction of sp³-hybridized carbons (Fsp3) is 0.625. The van der Waals surface area contributed by atoms with Crippen molar-refractivity contribution in [3.05, 3.63) is 35.1 Å². The minimum Gasteiger partial charge on any atom is -0.326 e. The Hall–Kier alpha value is -0.930. The second kappa shape index (κ2) is 6.02. The van der Waals surface area contributed by atoms with Gasteiger partial charge < -0.3 is 5.73 Å². The van der Waals surface area contributed by atoms with Gasteiger partial charge in [-0.1, -0.05) is 26.3 Å². The van der Waals surface area contributed by atoms with Crippen LogP contribution < -0.4 is 5.73 Å². The fourth-order valence-corrected chi connectivity index (χ4v) is 2.79. The van der Waals surface area contributed by atoms with Crippen LogP contribution in [0.25, 0.3) is 0 Å². The number of rotatable bonds is 4. The first-order valence-electron chi connectivity index (χ1n) is 7.25. The quantitative estimate of drug-likeness (QED) is 0.904. The second-order valence-electron chi connectivity index (χ2n) is 6.11. The normalized spacial score (nSPS) is 19.6. The Kier molecular flexibility index (Phi) is 4.58. The first kappa shape index (κ1) is 14.5.